The van der Waals surface area contributed by atoms with Crippen LogP contribution in [0.15, 0.2) is 66.9 Å². The molecule has 0 saturated carbocycles. The van der Waals surface area contributed by atoms with E-state index in [1.807, 2.05) is 82.4 Å². The first-order valence-corrected chi connectivity index (χ1v) is 11.2. The number of aliphatic hydroxyl groups excluding tert-OH is 2. The van der Waals surface area contributed by atoms with Crippen molar-refractivity contribution in [2.45, 2.75) is 12.6 Å². The zero-order chi connectivity index (χ0) is 21.8. The van der Waals surface area contributed by atoms with Crippen LogP contribution in [0.4, 0.5) is 5.69 Å². The molecule has 0 aliphatic carbocycles. The quantitative estimate of drug-likeness (QED) is 0.538. The third-order valence-corrected chi connectivity index (χ3v) is 6.46. The van der Waals surface area contributed by atoms with Crippen molar-refractivity contribution in [3.63, 3.8) is 0 Å². The fraction of sp³-hybridized carbons (Fsp3) is 0.208. The lowest BCUT2D eigenvalue weighted by Gasteiger charge is -2.29. The van der Waals surface area contributed by atoms with Gasteiger partial charge in [-0.15, -0.1) is 0 Å². The minimum absolute atomic E-state index is 0.198. The van der Waals surface area contributed by atoms with Crippen LogP contribution in [0.25, 0.3) is 21.9 Å². The van der Waals surface area contributed by atoms with Gasteiger partial charge in [-0.25, -0.2) is 0 Å². The van der Waals surface area contributed by atoms with Crippen LogP contribution in [0.2, 0.25) is 5.02 Å². The number of aromatic nitrogens is 1. The molecule has 0 amide bonds. The number of hydrogen-bond donors (Lipinski definition) is 2. The van der Waals surface area contributed by atoms with Crippen molar-refractivity contribution in [2.75, 3.05) is 24.7 Å². The lowest BCUT2D eigenvalue weighted by molar-refractivity contribution is -0.685. The molecule has 2 aromatic carbocycles. The van der Waals surface area contributed by atoms with Gasteiger partial charge < -0.3 is 20.2 Å². The van der Waals surface area contributed by atoms with E-state index in [2.05, 4.69) is 0 Å². The highest BCUT2D eigenvalue weighted by Gasteiger charge is 2.19. The van der Waals surface area contributed by atoms with Gasteiger partial charge in [-0.1, -0.05) is 59.9 Å². The molecule has 31 heavy (non-hydrogen) atoms. The number of hydrogen-bond acceptors (Lipinski definition) is 5. The van der Waals surface area contributed by atoms with E-state index in [0.717, 1.165) is 32.0 Å². The predicted molar refractivity (Wildman–Crippen MR) is 125 cm³/mol. The van der Waals surface area contributed by atoms with Crippen LogP contribution >= 0.6 is 22.9 Å². The number of rotatable bonds is 7. The Bertz CT molecular complexity index is 1170. The van der Waals surface area contributed by atoms with Crippen molar-refractivity contribution >= 4 is 50.5 Å². The molecule has 2 N–H and O–H groups in total. The Labute approximate surface area is 190 Å². The molecular formula is C24H23ClN2O3S. The monoisotopic (exact) mass is 454 g/mol. The van der Waals surface area contributed by atoms with Gasteiger partial charge in [0, 0.05) is 34.6 Å². The topological polar surface area (TPSA) is 70.6 Å². The Morgan fingerprint density at radius 3 is 2.87 bits per heavy atom. The van der Waals surface area contributed by atoms with Gasteiger partial charge in [-0.3, -0.25) is 0 Å². The second-order valence-corrected chi connectivity index (χ2v) is 8.71. The zero-order valence-electron chi connectivity index (χ0n) is 16.8. The molecule has 4 rings (SSSR count). The first-order chi connectivity index (χ1) is 15.1. The Hall–Kier alpha value is -2.48. The van der Waals surface area contributed by atoms with E-state index in [1.165, 1.54) is 0 Å². The molecule has 160 valence electrons. The Balaban J connectivity index is 1.64. The number of nitrogens with zero attached hydrogens (tertiary/aromatic N) is 2. The lowest BCUT2D eigenvalue weighted by atomic mass is 9.99. The van der Waals surface area contributed by atoms with Gasteiger partial charge in [-0.05, 0) is 29.8 Å². The fourth-order valence-electron chi connectivity index (χ4n) is 3.65. The number of halogens is 1. The fourth-order valence-corrected chi connectivity index (χ4v) is 4.90. The molecular weight excluding hydrogens is 432 g/mol. The third kappa shape index (κ3) is 4.74. The summed E-state index contributed by atoms with van der Waals surface area (Å²) in [5.41, 5.74) is 4.05. The van der Waals surface area contributed by atoms with Gasteiger partial charge in [0.2, 0.25) is 5.52 Å². The van der Waals surface area contributed by atoms with Gasteiger partial charge >= 0.3 is 0 Å². The van der Waals surface area contributed by atoms with Gasteiger partial charge in [0.05, 0.1) is 19.3 Å². The SMILES string of the molecule is [O-]CC[n+]1c(/C=C/C=C2\C=CN(CC(O)CO)c3ccccc32)sc2ccc(Cl)cc21. The van der Waals surface area contributed by atoms with Crippen LogP contribution in [0.3, 0.4) is 0 Å². The zero-order valence-corrected chi connectivity index (χ0v) is 18.4. The van der Waals surface area contributed by atoms with E-state index in [4.69, 9.17) is 16.7 Å². The van der Waals surface area contributed by atoms with E-state index in [9.17, 15) is 10.2 Å². The molecule has 0 bridgehead atoms. The number of fused-ring (bicyclic) bond motifs is 2. The number of para-hydroxylation sites is 1. The van der Waals surface area contributed by atoms with Crippen molar-refractivity contribution in [1.82, 2.24) is 0 Å². The number of allylic oxidation sites excluding steroid dienone is 4. The van der Waals surface area contributed by atoms with Crippen LogP contribution < -0.4 is 14.6 Å². The summed E-state index contributed by atoms with van der Waals surface area (Å²) in [6.07, 6.45) is 9.14. The average molecular weight is 455 g/mol. The van der Waals surface area contributed by atoms with E-state index in [0.29, 0.717) is 18.1 Å². The van der Waals surface area contributed by atoms with Crippen LogP contribution in [-0.4, -0.2) is 36.1 Å². The first-order valence-electron chi connectivity index (χ1n) is 10.0. The minimum atomic E-state index is -0.805. The number of anilines is 1. The molecule has 1 atom stereocenters. The van der Waals surface area contributed by atoms with E-state index < -0.39 is 6.10 Å². The highest BCUT2D eigenvalue weighted by Crippen LogP contribution is 2.33. The number of aliphatic hydroxyl groups is 2. The van der Waals surface area contributed by atoms with Crippen molar-refractivity contribution in [3.8, 4) is 0 Å². The summed E-state index contributed by atoms with van der Waals surface area (Å²) in [7, 11) is 0. The summed E-state index contributed by atoms with van der Waals surface area (Å²) in [6, 6.07) is 13.7. The van der Waals surface area contributed by atoms with Crippen molar-refractivity contribution in [2.24, 2.45) is 0 Å². The van der Waals surface area contributed by atoms with Gasteiger partial charge in [0.15, 0.2) is 0 Å². The highest BCUT2D eigenvalue weighted by atomic mass is 35.5. The molecule has 1 aliphatic rings. The smallest absolute Gasteiger partial charge is 0.262 e. The molecule has 0 spiro atoms. The number of β-amino-alcohol motifs (C(OH)–C–C–N with tert-alkyl or cyclic N) is 1. The Kier molecular flexibility index (Phi) is 6.85. The normalized spacial score (nSPS) is 15.9. The predicted octanol–water partition coefficient (Wildman–Crippen LogP) is 2.99. The van der Waals surface area contributed by atoms with E-state index >= 15 is 0 Å². The molecule has 1 aromatic heterocycles. The van der Waals surface area contributed by atoms with Crippen LogP contribution in [0, 0.1) is 0 Å². The summed E-state index contributed by atoms with van der Waals surface area (Å²) in [6.45, 7) is 0.242. The van der Waals surface area contributed by atoms with Gasteiger partial charge in [0.25, 0.3) is 5.01 Å². The molecule has 5 nitrogen and oxygen atoms in total. The average Bonchev–Trinajstić information content (AvgIpc) is 3.12. The summed E-state index contributed by atoms with van der Waals surface area (Å²) in [5, 5.41) is 32.0. The van der Waals surface area contributed by atoms with E-state index in [-0.39, 0.29) is 13.2 Å². The maximum Gasteiger partial charge on any atom is 0.262 e. The van der Waals surface area contributed by atoms with Crippen molar-refractivity contribution in [1.29, 1.82) is 0 Å². The van der Waals surface area contributed by atoms with Crippen LogP contribution in [0.5, 0.6) is 0 Å². The Morgan fingerprint density at radius 2 is 2.06 bits per heavy atom. The maximum atomic E-state index is 11.3. The molecule has 3 aromatic rings. The van der Waals surface area contributed by atoms with Crippen molar-refractivity contribution < 1.29 is 19.9 Å². The molecule has 7 heteroatoms. The molecule has 0 fully saturated rings. The second-order valence-electron chi connectivity index (χ2n) is 7.21. The molecule has 1 unspecified atom stereocenters. The molecule has 0 saturated heterocycles. The third-order valence-electron chi connectivity index (χ3n) is 5.10. The van der Waals surface area contributed by atoms with Crippen molar-refractivity contribution in [3.05, 3.63) is 82.5 Å². The molecule has 2 heterocycles. The van der Waals surface area contributed by atoms with Crippen LogP contribution in [-0.2, 0) is 6.54 Å². The lowest BCUT2D eigenvalue weighted by Crippen LogP contribution is -2.39. The number of thiazole rings is 1. The summed E-state index contributed by atoms with van der Waals surface area (Å²) in [5.74, 6) is 0. The maximum absolute atomic E-state index is 11.3. The number of benzene rings is 2. The minimum Gasteiger partial charge on any atom is -0.850 e. The second kappa shape index (κ2) is 9.77. The van der Waals surface area contributed by atoms with Crippen LogP contribution in [0.1, 0.15) is 10.6 Å². The molecule has 0 radical (unpaired) electrons. The highest BCUT2D eigenvalue weighted by molar-refractivity contribution is 7.18. The summed E-state index contributed by atoms with van der Waals surface area (Å²) >= 11 is 7.78. The summed E-state index contributed by atoms with van der Waals surface area (Å²) in [4.78, 5) is 1.94. The largest absolute Gasteiger partial charge is 0.850 e. The van der Waals surface area contributed by atoms with E-state index in [1.54, 1.807) is 11.3 Å². The van der Waals surface area contributed by atoms with Gasteiger partial charge in [-0.2, -0.15) is 4.57 Å². The summed E-state index contributed by atoms with van der Waals surface area (Å²) < 4.78 is 3.10. The Morgan fingerprint density at radius 1 is 1.23 bits per heavy atom. The molecule has 1 aliphatic heterocycles. The van der Waals surface area contributed by atoms with Gasteiger partial charge in [0.1, 0.15) is 11.2 Å². The standard InChI is InChI=1S/C24H23ClN2O3S/c25-18-8-9-23-22(14-18)27(12-13-28)24(31-23)7-3-4-17-10-11-26(15-19(30)16-29)21-6-2-1-5-20(17)21/h1-11,14,19,29-30H,12-13,15-16H2. The first kappa shape index (κ1) is 21.7.